The van der Waals surface area contributed by atoms with Crippen molar-refractivity contribution in [1.82, 2.24) is 20.7 Å². The van der Waals surface area contributed by atoms with E-state index in [2.05, 4.69) is 20.7 Å². The second-order valence-corrected chi connectivity index (χ2v) is 5.58. The molecule has 0 radical (unpaired) electrons. The van der Waals surface area contributed by atoms with Crippen LogP contribution in [0.25, 0.3) is 10.6 Å². The zero-order chi connectivity index (χ0) is 14.8. The normalized spacial score (nSPS) is 10.8. The number of amides is 1. The van der Waals surface area contributed by atoms with Gasteiger partial charge in [0.2, 0.25) is 0 Å². The van der Waals surface area contributed by atoms with Crippen LogP contribution in [0, 0.1) is 13.8 Å². The van der Waals surface area contributed by atoms with Crippen LogP contribution in [0.4, 0.5) is 0 Å². The minimum Gasteiger partial charge on any atom is -0.361 e. The summed E-state index contributed by atoms with van der Waals surface area (Å²) < 4.78 is 5.06. The molecule has 3 aromatic rings. The van der Waals surface area contributed by atoms with Gasteiger partial charge in [-0.05, 0) is 31.4 Å². The van der Waals surface area contributed by atoms with Crippen LogP contribution in [-0.2, 0) is 6.54 Å². The maximum Gasteiger partial charge on any atom is 0.272 e. The lowest BCUT2D eigenvalue weighted by atomic mass is 10.2. The number of aryl methyl sites for hydroxylation is 2. The fraction of sp³-hybridized carbons (Fsp3) is 0.214. The van der Waals surface area contributed by atoms with Crippen molar-refractivity contribution in [3.63, 3.8) is 0 Å². The molecule has 0 saturated heterocycles. The van der Waals surface area contributed by atoms with Crippen molar-refractivity contribution in [2.75, 3.05) is 0 Å². The fourth-order valence-corrected chi connectivity index (χ4v) is 2.70. The van der Waals surface area contributed by atoms with Gasteiger partial charge < -0.3 is 9.84 Å². The van der Waals surface area contributed by atoms with Gasteiger partial charge in [0, 0.05) is 12.1 Å². The second-order valence-electron chi connectivity index (χ2n) is 4.63. The van der Waals surface area contributed by atoms with Crippen molar-refractivity contribution in [3.8, 4) is 10.6 Å². The molecular weight excluding hydrogens is 288 g/mol. The molecule has 0 unspecified atom stereocenters. The molecule has 0 aromatic carbocycles. The van der Waals surface area contributed by atoms with E-state index in [1.54, 1.807) is 17.4 Å². The largest absolute Gasteiger partial charge is 0.361 e. The van der Waals surface area contributed by atoms with Crippen LogP contribution in [0.3, 0.4) is 0 Å². The highest BCUT2D eigenvalue weighted by atomic mass is 32.1. The molecule has 0 fully saturated rings. The highest BCUT2D eigenvalue weighted by molar-refractivity contribution is 7.13. The number of carbonyl (C=O) groups excluding carboxylic acids is 1. The molecule has 3 rings (SSSR count). The molecule has 3 heterocycles. The first-order chi connectivity index (χ1) is 10.1. The number of aromatic nitrogens is 3. The Morgan fingerprint density at radius 3 is 3.00 bits per heavy atom. The SMILES string of the molecule is Cc1noc(C)c1CNC(=O)c1cc(-c2cccs2)[nH]n1. The van der Waals surface area contributed by atoms with E-state index >= 15 is 0 Å². The van der Waals surface area contributed by atoms with Crippen LogP contribution >= 0.6 is 11.3 Å². The van der Waals surface area contributed by atoms with Gasteiger partial charge in [0.1, 0.15) is 5.76 Å². The molecular formula is C14H14N4O2S. The molecule has 0 spiro atoms. The van der Waals surface area contributed by atoms with Crippen molar-refractivity contribution >= 4 is 17.2 Å². The Bertz CT molecular complexity index is 738. The first kappa shape index (κ1) is 13.6. The Kier molecular flexibility index (Phi) is 3.57. The van der Waals surface area contributed by atoms with Crippen LogP contribution in [0.1, 0.15) is 27.5 Å². The molecule has 0 atom stereocenters. The van der Waals surface area contributed by atoms with Gasteiger partial charge in [-0.2, -0.15) is 5.10 Å². The van der Waals surface area contributed by atoms with E-state index in [4.69, 9.17) is 4.52 Å². The van der Waals surface area contributed by atoms with E-state index in [1.165, 1.54) is 0 Å². The van der Waals surface area contributed by atoms with E-state index in [0.29, 0.717) is 18.0 Å². The number of H-pyrrole nitrogens is 1. The number of aromatic amines is 1. The highest BCUT2D eigenvalue weighted by Gasteiger charge is 2.14. The van der Waals surface area contributed by atoms with E-state index in [1.807, 2.05) is 31.4 Å². The second kappa shape index (κ2) is 5.53. The maximum atomic E-state index is 12.1. The molecule has 0 saturated carbocycles. The molecule has 0 aliphatic heterocycles. The van der Waals surface area contributed by atoms with Crippen LogP contribution in [0.5, 0.6) is 0 Å². The van der Waals surface area contributed by atoms with Gasteiger partial charge in [0.05, 0.1) is 16.3 Å². The maximum absolute atomic E-state index is 12.1. The summed E-state index contributed by atoms with van der Waals surface area (Å²) in [6.45, 7) is 4.05. The number of nitrogens with one attached hydrogen (secondary N) is 2. The molecule has 0 aliphatic carbocycles. The van der Waals surface area contributed by atoms with Gasteiger partial charge in [0.25, 0.3) is 5.91 Å². The Balaban J connectivity index is 1.69. The van der Waals surface area contributed by atoms with Gasteiger partial charge in [-0.1, -0.05) is 11.2 Å². The van der Waals surface area contributed by atoms with Crippen LogP contribution in [-0.4, -0.2) is 21.3 Å². The Morgan fingerprint density at radius 2 is 2.33 bits per heavy atom. The summed E-state index contributed by atoms with van der Waals surface area (Å²) in [5, 5.41) is 15.6. The number of thiophene rings is 1. The molecule has 3 aromatic heterocycles. The molecule has 108 valence electrons. The summed E-state index contributed by atoms with van der Waals surface area (Å²) >= 11 is 1.59. The Hall–Kier alpha value is -2.41. The highest BCUT2D eigenvalue weighted by Crippen LogP contribution is 2.22. The van der Waals surface area contributed by atoms with Crippen molar-refractivity contribution in [2.45, 2.75) is 20.4 Å². The van der Waals surface area contributed by atoms with Crippen molar-refractivity contribution in [3.05, 3.63) is 46.3 Å². The Morgan fingerprint density at radius 1 is 1.48 bits per heavy atom. The third kappa shape index (κ3) is 2.73. The summed E-state index contributed by atoms with van der Waals surface area (Å²) in [5.74, 6) is 0.489. The van der Waals surface area contributed by atoms with Crippen LogP contribution in [0.2, 0.25) is 0 Å². The van der Waals surface area contributed by atoms with Gasteiger partial charge in [-0.3, -0.25) is 9.89 Å². The van der Waals surface area contributed by atoms with Crippen molar-refractivity contribution in [2.24, 2.45) is 0 Å². The van der Waals surface area contributed by atoms with E-state index in [9.17, 15) is 4.79 Å². The molecule has 1 amide bonds. The van der Waals surface area contributed by atoms with Crippen LogP contribution < -0.4 is 5.32 Å². The van der Waals surface area contributed by atoms with Crippen molar-refractivity contribution < 1.29 is 9.32 Å². The zero-order valence-electron chi connectivity index (χ0n) is 11.6. The average Bonchev–Trinajstić information content (AvgIpc) is 3.18. The van der Waals surface area contributed by atoms with E-state index < -0.39 is 0 Å². The summed E-state index contributed by atoms with van der Waals surface area (Å²) in [4.78, 5) is 13.2. The van der Waals surface area contributed by atoms with Gasteiger partial charge >= 0.3 is 0 Å². The Labute approximate surface area is 125 Å². The minimum atomic E-state index is -0.228. The van der Waals surface area contributed by atoms with Gasteiger partial charge in [0.15, 0.2) is 5.69 Å². The molecule has 2 N–H and O–H groups in total. The number of rotatable bonds is 4. The molecule has 7 heteroatoms. The average molecular weight is 302 g/mol. The van der Waals surface area contributed by atoms with E-state index in [0.717, 1.165) is 21.8 Å². The molecule has 21 heavy (non-hydrogen) atoms. The standard InChI is InChI=1S/C14H14N4O2S/c1-8-10(9(2)20-18-8)7-15-14(19)12-6-11(16-17-12)13-4-3-5-21-13/h3-6H,7H2,1-2H3,(H,15,19)(H,16,17). The monoisotopic (exact) mass is 302 g/mol. The molecule has 6 nitrogen and oxygen atoms in total. The summed E-state index contributed by atoms with van der Waals surface area (Å²) in [7, 11) is 0. The fourth-order valence-electron chi connectivity index (χ4n) is 2.01. The minimum absolute atomic E-state index is 0.228. The van der Waals surface area contributed by atoms with E-state index in [-0.39, 0.29) is 5.91 Å². The third-order valence-corrected chi connectivity index (χ3v) is 4.11. The van der Waals surface area contributed by atoms with Crippen molar-refractivity contribution in [1.29, 1.82) is 0 Å². The first-order valence-corrected chi connectivity index (χ1v) is 7.32. The predicted octanol–water partition coefficient (Wildman–Crippen LogP) is 2.67. The predicted molar refractivity (Wildman–Crippen MR) is 79.0 cm³/mol. The lowest BCUT2D eigenvalue weighted by Crippen LogP contribution is -2.23. The number of hydrogen-bond donors (Lipinski definition) is 2. The zero-order valence-corrected chi connectivity index (χ0v) is 12.5. The number of hydrogen-bond acceptors (Lipinski definition) is 5. The molecule has 0 bridgehead atoms. The summed E-state index contributed by atoms with van der Waals surface area (Å²) in [5.41, 5.74) is 2.89. The van der Waals surface area contributed by atoms with Gasteiger partial charge in [-0.15, -0.1) is 11.3 Å². The van der Waals surface area contributed by atoms with Crippen LogP contribution in [0.15, 0.2) is 28.1 Å². The molecule has 0 aliphatic rings. The lowest BCUT2D eigenvalue weighted by molar-refractivity contribution is 0.0946. The topological polar surface area (TPSA) is 83.8 Å². The smallest absolute Gasteiger partial charge is 0.272 e. The lowest BCUT2D eigenvalue weighted by Gasteiger charge is -2.01. The number of nitrogens with zero attached hydrogens (tertiary/aromatic N) is 2. The van der Waals surface area contributed by atoms with Gasteiger partial charge in [-0.25, -0.2) is 0 Å². The number of carbonyl (C=O) groups is 1. The third-order valence-electron chi connectivity index (χ3n) is 3.20. The first-order valence-electron chi connectivity index (χ1n) is 6.44. The summed E-state index contributed by atoms with van der Waals surface area (Å²) in [6, 6.07) is 5.68. The quantitative estimate of drug-likeness (QED) is 0.776. The summed E-state index contributed by atoms with van der Waals surface area (Å²) in [6.07, 6.45) is 0.